The monoisotopic (exact) mass is 302 g/mol. The van der Waals surface area contributed by atoms with Gasteiger partial charge < -0.3 is 4.90 Å². The predicted molar refractivity (Wildman–Crippen MR) is 78.4 cm³/mol. The third-order valence-electron chi connectivity index (χ3n) is 3.49. The van der Waals surface area contributed by atoms with Crippen molar-refractivity contribution in [1.29, 1.82) is 0 Å². The molecule has 0 aromatic heterocycles. The highest BCUT2D eigenvalue weighted by atomic mass is 35.5. The third kappa shape index (κ3) is 2.73. The van der Waals surface area contributed by atoms with Gasteiger partial charge in [-0.25, -0.2) is 12.7 Å². The Bertz CT molecular complexity index is 545. The summed E-state index contributed by atoms with van der Waals surface area (Å²) in [6.45, 7) is 0.858. The Morgan fingerprint density at radius 3 is 2.68 bits per heavy atom. The number of rotatable bonds is 4. The van der Waals surface area contributed by atoms with E-state index in [-0.39, 0.29) is 6.04 Å². The molecule has 1 unspecified atom stereocenters. The number of anilines is 1. The molecule has 0 aliphatic carbocycles. The summed E-state index contributed by atoms with van der Waals surface area (Å²) in [5.41, 5.74) is 0.763. The van der Waals surface area contributed by atoms with E-state index in [0.717, 1.165) is 25.1 Å². The summed E-state index contributed by atoms with van der Waals surface area (Å²) in [5.74, 6) is 0.524. The van der Waals surface area contributed by atoms with Gasteiger partial charge in [-0.05, 0) is 25.0 Å². The topological polar surface area (TPSA) is 40.6 Å². The maximum Gasteiger partial charge on any atom is 0.244 e. The molecule has 1 aromatic rings. The molecule has 6 heteroatoms. The number of benzene rings is 1. The average Bonchev–Trinajstić information content (AvgIpc) is 2.86. The molecule has 1 aromatic carbocycles. The molecular formula is C13H19ClN2O2S. The summed E-state index contributed by atoms with van der Waals surface area (Å²) >= 11 is 5.98. The van der Waals surface area contributed by atoms with E-state index in [1.54, 1.807) is 26.2 Å². The maximum atomic E-state index is 12.4. The lowest BCUT2D eigenvalue weighted by molar-refractivity contribution is 0.520. The number of sulfonamides is 1. The van der Waals surface area contributed by atoms with Crippen LogP contribution in [0.2, 0.25) is 0 Å². The summed E-state index contributed by atoms with van der Waals surface area (Å²) in [6.07, 6.45) is 2.06. The minimum Gasteiger partial charge on any atom is -0.366 e. The lowest BCUT2D eigenvalue weighted by atomic mass is 10.2. The predicted octanol–water partition coefficient (Wildman–Crippen LogP) is 2.14. The SMILES string of the molecule is CN(C)S(=O)(=O)c1ccccc1N1CCCC1CCl. The highest BCUT2D eigenvalue weighted by Gasteiger charge is 2.29. The maximum absolute atomic E-state index is 12.4. The Balaban J connectivity index is 2.48. The summed E-state index contributed by atoms with van der Waals surface area (Å²) in [6, 6.07) is 7.37. The zero-order chi connectivity index (χ0) is 14.0. The lowest BCUT2D eigenvalue weighted by Crippen LogP contribution is -2.33. The first-order chi connectivity index (χ1) is 8.98. The van der Waals surface area contributed by atoms with Gasteiger partial charge in [-0.2, -0.15) is 0 Å². The van der Waals surface area contributed by atoms with Crippen LogP contribution in [0.25, 0.3) is 0 Å². The molecule has 2 rings (SSSR count). The van der Waals surface area contributed by atoms with E-state index in [1.807, 2.05) is 12.1 Å². The Labute approximate surface area is 120 Å². The van der Waals surface area contributed by atoms with E-state index in [9.17, 15) is 8.42 Å². The minimum atomic E-state index is -3.43. The van der Waals surface area contributed by atoms with E-state index >= 15 is 0 Å². The first-order valence-corrected chi connectivity index (χ1v) is 8.30. The summed E-state index contributed by atoms with van der Waals surface area (Å²) in [4.78, 5) is 2.47. The van der Waals surface area contributed by atoms with Crippen molar-refractivity contribution in [1.82, 2.24) is 4.31 Å². The van der Waals surface area contributed by atoms with Crippen LogP contribution >= 0.6 is 11.6 Å². The van der Waals surface area contributed by atoms with Gasteiger partial charge in [-0.3, -0.25) is 0 Å². The van der Waals surface area contributed by atoms with Gasteiger partial charge in [0.15, 0.2) is 0 Å². The summed E-state index contributed by atoms with van der Waals surface area (Å²) in [7, 11) is -0.327. The number of alkyl halides is 1. The second kappa shape index (κ2) is 5.69. The van der Waals surface area contributed by atoms with Crippen molar-refractivity contribution in [2.75, 3.05) is 31.4 Å². The van der Waals surface area contributed by atoms with Crippen molar-refractivity contribution in [3.63, 3.8) is 0 Å². The Morgan fingerprint density at radius 1 is 1.37 bits per heavy atom. The number of halogens is 1. The van der Waals surface area contributed by atoms with Gasteiger partial charge in [0, 0.05) is 32.6 Å². The third-order valence-corrected chi connectivity index (χ3v) is 5.71. The molecule has 1 aliphatic heterocycles. The van der Waals surface area contributed by atoms with Crippen LogP contribution in [0.1, 0.15) is 12.8 Å². The van der Waals surface area contributed by atoms with Crippen LogP contribution < -0.4 is 4.90 Å². The molecule has 1 atom stereocenters. The van der Waals surface area contributed by atoms with Crippen molar-refractivity contribution in [2.45, 2.75) is 23.8 Å². The molecule has 106 valence electrons. The lowest BCUT2D eigenvalue weighted by Gasteiger charge is -2.28. The van der Waals surface area contributed by atoms with Crippen LogP contribution in [0, 0.1) is 0 Å². The van der Waals surface area contributed by atoms with Crippen LogP contribution in [0.3, 0.4) is 0 Å². The molecule has 1 heterocycles. The van der Waals surface area contributed by atoms with Gasteiger partial charge in [0.05, 0.1) is 5.69 Å². The van der Waals surface area contributed by atoms with E-state index in [2.05, 4.69) is 4.90 Å². The quantitative estimate of drug-likeness (QED) is 0.800. The van der Waals surface area contributed by atoms with Crippen molar-refractivity contribution < 1.29 is 8.42 Å². The number of hydrogen-bond acceptors (Lipinski definition) is 3. The van der Waals surface area contributed by atoms with Gasteiger partial charge >= 0.3 is 0 Å². The molecule has 1 fully saturated rings. The van der Waals surface area contributed by atoms with Crippen LogP contribution in [0.4, 0.5) is 5.69 Å². The zero-order valence-electron chi connectivity index (χ0n) is 11.2. The van der Waals surface area contributed by atoms with Crippen molar-refractivity contribution >= 4 is 27.3 Å². The summed E-state index contributed by atoms with van der Waals surface area (Å²) < 4.78 is 26.0. The first kappa shape index (κ1) is 14.6. The van der Waals surface area contributed by atoms with Crippen molar-refractivity contribution in [3.8, 4) is 0 Å². The molecule has 4 nitrogen and oxygen atoms in total. The molecule has 0 N–H and O–H groups in total. The summed E-state index contributed by atoms with van der Waals surface area (Å²) in [5, 5.41) is 0. The first-order valence-electron chi connectivity index (χ1n) is 6.32. The Morgan fingerprint density at radius 2 is 2.05 bits per heavy atom. The van der Waals surface area contributed by atoms with E-state index in [1.165, 1.54) is 4.31 Å². The molecule has 0 spiro atoms. The fourth-order valence-electron chi connectivity index (χ4n) is 2.42. The average molecular weight is 303 g/mol. The van der Waals surface area contributed by atoms with Gasteiger partial charge in [-0.15, -0.1) is 11.6 Å². The van der Waals surface area contributed by atoms with Gasteiger partial charge in [0.25, 0.3) is 0 Å². The smallest absolute Gasteiger partial charge is 0.244 e. The van der Waals surface area contributed by atoms with Gasteiger partial charge in [0.2, 0.25) is 10.0 Å². The zero-order valence-corrected chi connectivity index (χ0v) is 12.8. The van der Waals surface area contributed by atoms with Crippen LogP contribution in [0.15, 0.2) is 29.2 Å². The molecule has 0 saturated carbocycles. The molecule has 0 bridgehead atoms. The molecule has 19 heavy (non-hydrogen) atoms. The standard InChI is InChI=1S/C13H19ClN2O2S/c1-15(2)19(17,18)13-8-4-3-7-12(13)16-9-5-6-11(16)10-14/h3-4,7-8,11H,5-6,9-10H2,1-2H3. The molecule has 0 amide bonds. The number of hydrogen-bond donors (Lipinski definition) is 0. The molecule has 1 aliphatic rings. The Hall–Kier alpha value is -0.780. The normalized spacial score (nSPS) is 20.2. The van der Waals surface area contributed by atoms with Crippen molar-refractivity contribution in [3.05, 3.63) is 24.3 Å². The molecule has 1 saturated heterocycles. The minimum absolute atomic E-state index is 0.222. The van der Waals surface area contributed by atoms with E-state index in [4.69, 9.17) is 11.6 Å². The largest absolute Gasteiger partial charge is 0.366 e. The highest BCUT2D eigenvalue weighted by Crippen LogP contribution is 2.32. The number of nitrogens with zero attached hydrogens (tertiary/aromatic N) is 2. The van der Waals surface area contributed by atoms with Crippen LogP contribution in [-0.4, -0.2) is 45.3 Å². The molecular weight excluding hydrogens is 284 g/mol. The fraction of sp³-hybridized carbons (Fsp3) is 0.538. The van der Waals surface area contributed by atoms with E-state index < -0.39 is 10.0 Å². The van der Waals surface area contributed by atoms with E-state index in [0.29, 0.717) is 10.8 Å². The van der Waals surface area contributed by atoms with Gasteiger partial charge in [0.1, 0.15) is 4.90 Å². The molecule has 0 radical (unpaired) electrons. The van der Waals surface area contributed by atoms with Crippen LogP contribution in [-0.2, 0) is 10.0 Å². The van der Waals surface area contributed by atoms with Crippen molar-refractivity contribution in [2.24, 2.45) is 0 Å². The Kier molecular flexibility index (Phi) is 4.38. The van der Waals surface area contributed by atoms with Crippen LogP contribution in [0.5, 0.6) is 0 Å². The number of para-hydroxylation sites is 1. The fourth-order valence-corrected chi connectivity index (χ4v) is 3.84. The second-order valence-electron chi connectivity index (χ2n) is 4.90. The highest BCUT2D eigenvalue weighted by molar-refractivity contribution is 7.89. The second-order valence-corrected chi connectivity index (χ2v) is 7.33. The van der Waals surface area contributed by atoms with Gasteiger partial charge in [-0.1, -0.05) is 12.1 Å².